The van der Waals surface area contributed by atoms with Crippen molar-refractivity contribution in [2.45, 2.75) is 19.9 Å². The monoisotopic (exact) mass is 276 g/mol. The van der Waals surface area contributed by atoms with E-state index in [0.717, 1.165) is 18.8 Å². The summed E-state index contributed by atoms with van der Waals surface area (Å²) in [7, 11) is 3.86. The van der Waals surface area contributed by atoms with Gasteiger partial charge >= 0.3 is 0 Å². The Labute approximate surface area is 121 Å². The molecule has 1 amide bonds. The van der Waals surface area contributed by atoms with Crippen LogP contribution in [0.2, 0.25) is 0 Å². The molecule has 0 spiro atoms. The summed E-state index contributed by atoms with van der Waals surface area (Å²) < 4.78 is 5.22. The molecule has 0 aromatic heterocycles. The molecule has 1 fully saturated rings. The van der Waals surface area contributed by atoms with Gasteiger partial charge in [0.25, 0.3) is 0 Å². The molecule has 1 N–H and O–H groups in total. The van der Waals surface area contributed by atoms with E-state index in [2.05, 4.69) is 18.3 Å². The SMILES string of the molecule is Cc1cccc(C(C(=O)NCC2(C)COC2)N(C)C)c1. The predicted octanol–water partition coefficient (Wildman–Crippen LogP) is 1.75. The van der Waals surface area contributed by atoms with Crippen LogP contribution in [0.15, 0.2) is 24.3 Å². The van der Waals surface area contributed by atoms with Gasteiger partial charge in [-0.15, -0.1) is 0 Å². The second-order valence-corrected chi connectivity index (χ2v) is 6.30. The number of carbonyl (C=O) groups excluding carboxylic acids is 1. The van der Waals surface area contributed by atoms with Gasteiger partial charge in [-0.3, -0.25) is 9.69 Å². The van der Waals surface area contributed by atoms with Crippen molar-refractivity contribution in [1.29, 1.82) is 0 Å². The predicted molar refractivity (Wildman–Crippen MR) is 79.5 cm³/mol. The summed E-state index contributed by atoms with van der Waals surface area (Å²) >= 11 is 0. The number of benzene rings is 1. The molecule has 4 nitrogen and oxygen atoms in total. The van der Waals surface area contributed by atoms with Crippen LogP contribution in [0.25, 0.3) is 0 Å². The standard InChI is InChI=1S/C16H24N2O2/c1-12-6-5-7-13(8-12)14(18(3)4)15(19)17-9-16(2)10-20-11-16/h5-8,14H,9-11H2,1-4H3,(H,17,19). The zero-order chi connectivity index (χ0) is 14.8. The van der Waals surface area contributed by atoms with E-state index in [4.69, 9.17) is 4.74 Å². The lowest BCUT2D eigenvalue weighted by molar-refractivity contribution is -0.131. The van der Waals surface area contributed by atoms with E-state index in [1.165, 1.54) is 5.56 Å². The lowest BCUT2D eigenvalue weighted by Gasteiger charge is -2.38. The van der Waals surface area contributed by atoms with E-state index in [1.54, 1.807) is 0 Å². The van der Waals surface area contributed by atoms with Gasteiger partial charge < -0.3 is 10.1 Å². The van der Waals surface area contributed by atoms with Crippen LogP contribution in [0.4, 0.5) is 0 Å². The number of likely N-dealkylation sites (N-methyl/N-ethyl adjacent to an activating group) is 1. The Bertz CT molecular complexity index is 481. The van der Waals surface area contributed by atoms with E-state index < -0.39 is 0 Å². The Morgan fingerprint density at radius 1 is 1.45 bits per heavy atom. The molecule has 4 heteroatoms. The van der Waals surface area contributed by atoms with E-state index >= 15 is 0 Å². The van der Waals surface area contributed by atoms with E-state index in [0.29, 0.717) is 6.54 Å². The molecule has 0 bridgehead atoms. The smallest absolute Gasteiger partial charge is 0.241 e. The Morgan fingerprint density at radius 3 is 2.65 bits per heavy atom. The van der Waals surface area contributed by atoms with Crippen LogP contribution in [0, 0.1) is 12.3 Å². The molecular weight excluding hydrogens is 252 g/mol. The highest BCUT2D eigenvalue weighted by atomic mass is 16.5. The molecule has 110 valence electrons. The highest BCUT2D eigenvalue weighted by Gasteiger charge is 2.34. The lowest BCUT2D eigenvalue weighted by Crippen LogP contribution is -2.50. The Kier molecular flexibility index (Phi) is 4.45. The van der Waals surface area contributed by atoms with Gasteiger partial charge in [0.05, 0.1) is 13.2 Å². The molecule has 0 saturated carbocycles. The summed E-state index contributed by atoms with van der Waals surface area (Å²) in [5.41, 5.74) is 2.29. The minimum atomic E-state index is -0.250. The first-order valence-corrected chi connectivity index (χ1v) is 7.00. The lowest BCUT2D eigenvalue weighted by atomic mass is 9.88. The van der Waals surface area contributed by atoms with Crippen LogP contribution in [0.3, 0.4) is 0 Å². The average molecular weight is 276 g/mol. The van der Waals surface area contributed by atoms with Gasteiger partial charge in [0.1, 0.15) is 6.04 Å². The minimum Gasteiger partial charge on any atom is -0.380 e. The summed E-state index contributed by atoms with van der Waals surface area (Å²) in [6.07, 6.45) is 0. The summed E-state index contributed by atoms with van der Waals surface area (Å²) in [5, 5.41) is 3.06. The molecule has 1 aliphatic rings. The maximum atomic E-state index is 12.5. The Balaban J connectivity index is 2.06. The molecule has 1 atom stereocenters. The number of nitrogens with one attached hydrogen (secondary N) is 1. The molecule has 0 radical (unpaired) electrons. The van der Waals surface area contributed by atoms with Crippen molar-refractivity contribution in [3.63, 3.8) is 0 Å². The van der Waals surface area contributed by atoms with Crippen molar-refractivity contribution in [3.05, 3.63) is 35.4 Å². The van der Waals surface area contributed by atoms with Gasteiger partial charge in [-0.2, -0.15) is 0 Å². The van der Waals surface area contributed by atoms with Crippen molar-refractivity contribution in [3.8, 4) is 0 Å². The van der Waals surface area contributed by atoms with Crippen LogP contribution < -0.4 is 5.32 Å². The molecule has 2 rings (SSSR count). The summed E-state index contributed by atoms with van der Waals surface area (Å²) in [6, 6.07) is 7.86. The quantitative estimate of drug-likeness (QED) is 0.891. The van der Waals surface area contributed by atoms with Crippen molar-refractivity contribution < 1.29 is 9.53 Å². The number of hydrogen-bond acceptors (Lipinski definition) is 3. The number of nitrogens with zero attached hydrogens (tertiary/aromatic N) is 1. The topological polar surface area (TPSA) is 41.6 Å². The third-order valence-corrected chi connectivity index (χ3v) is 3.71. The molecule has 1 aliphatic heterocycles. The molecule has 1 aromatic rings. The highest BCUT2D eigenvalue weighted by molar-refractivity contribution is 5.83. The Hall–Kier alpha value is -1.39. The largest absolute Gasteiger partial charge is 0.380 e. The summed E-state index contributed by atoms with van der Waals surface area (Å²) in [6.45, 7) is 6.30. The summed E-state index contributed by atoms with van der Waals surface area (Å²) in [4.78, 5) is 14.4. The van der Waals surface area contributed by atoms with Crippen LogP contribution in [-0.4, -0.2) is 44.7 Å². The number of carbonyl (C=O) groups is 1. The first-order chi connectivity index (χ1) is 9.41. The first-order valence-electron chi connectivity index (χ1n) is 7.00. The molecule has 1 saturated heterocycles. The molecule has 0 aliphatic carbocycles. The van der Waals surface area contributed by atoms with Crippen LogP contribution in [-0.2, 0) is 9.53 Å². The highest BCUT2D eigenvalue weighted by Crippen LogP contribution is 2.26. The van der Waals surface area contributed by atoms with Gasteiger partial charge in [-0.25, -0.2) is 0 Å². The number of rotatable bonds is 5. The summed E-state index contributed by atoms with van der Waals surface area (Å²) in [5.74, 6) is 0.0497. The Morgan fingerprint density at radius 2 is 2.15 bits per heavy atom. The van der Waals surface area contributed by atoms with Crippen LogP contribution in [0.1, 0.15) is 24.1 Å². The number of amides is 1. The van der Waals surface area contributed by atoms with Gasteiger partial charge in [-0.1, -0.05) is 36.8 Å². The van der Waals surface area contributed by atoms with Crippen LogP contribution in [0.5, 0.6) is 0 Å². The second kappa shape index (κ2) is 5.94. The fourth-order valence-electron chi connectivity index (χ4n) is 2.47. The van der Waals surface area contributed by atoms with Crippen molar-refractivity contribution in [2.75, 3.05) is 33.9 Å². The third-order valence-electron chi connectivity index (χ3n) is 3.71. The van der Waals surface area contributed by atoms with Crippen LogP contribution >= 0.6 is 0 Å². The average Bonchev–Trinajstić information content (AvgIpc) is 2.34. The van der Waals surface area contributed by atoms with E-state index in [9.17, 15) is 4.79 Å². The van der Waals surface area contributed by atoms with Gasteiger partial charge in [-0.05, 0) is 26.6 Å². The van der Waals surface area contributed by atoms with Gasteiger partial charge in [0, 0.05) is 12.0 Å². The number of ether oxygens (including phenoxy) is 1. The van der Waals surface area contributed by atoms with E-state index in [-0.39, 0.29) is 17.4 Å². The molecule has 1 unspecified atom stereocenters. The molecule has 1 aromatic carbocycles. The fourth-order valence-corrected chi connectivity index (χ4v) is 2.47. The maximum absolute atomic E-state index is 12.5. The minimum absolute atomic E-state index is 0.0497. The molecular formula is C16H24N2O2. The van der Waals surface area contributed by atoms with Crippen molar-refractivity contribution >= 4 is 5.91 Å². The number of hydrogen-bond donors (Lipinski definition) is 1. The first kappa shape index (κ1) is 15.0. The van der Waals surface area contributed by atoms with Crippen molar-refractivity contribution in [1.82, 2.24) is 10.2 Å². The number of aryl methyl sites for hydroxylation is 1. The maximum Gasteiger partial charge on any atom is 0.241 e. The molecule has 20 heavy (non-hydrogen) atoms. The van der Waals surface area contributed by atoms with E-state index in [1.807, 2.05) is 44.1 Å². The van der Waals surface area contributed by atoms with Gasteiger partial charge in [0.15, 0.2) is 0 Å². The second-order valence-electron chi connectivity index (χ2n) is 6.30. The molecule has 1 heterocycles. The van der Waals surface area contributed by atoms with Crippen molar-refractivity contribution in [2.24, 2.45) is 5.41 Å². The normalized spacial score (nSPS) is 18.4. The fraction of sp³-hybridized carbons (Fsp3) is 0.562. The van der Waals surface area contributed by atoms with Gasteiger partial charge in [0.2, 0.25) is 5.91 Å². The zero-order valence-electron chi connectivity index (χ0n) is 12.8. The zero-order valence-corrected chi connectivity index (χ0v) is 12.8. The third kappa shape index (κ3) is 3.38.